The zero-order valence-electron chi connectivity index (χ0n) is 15.2. The molecule has 0 amide bonds. The first-order valence-electron chi connectivity index (χ1n) is 9.43. The number of rotatable bonds is 7. The number of aliphatic hydroxyl groups is 1. The lowest BCUT2D eigenvalue weighted by molar-refractivity contribution is -0.175. The highest BCUT2D eigenvalue weighted by Gasteiger charge is 2.54. The van der Waals surface area contributed by atoms with Gasteiger partial charge in [0.05, 0.1) is 12.9 Å². The molecule has 0 aromatic heterocycles. The minimum atomic E-state index is -2.87. The topological polar surface area (TPSA) is 73.6 Å². The Balaban J connectivity index is 1.67. The fourth-order valence-corrected chi connectivity index (χ4v) is 4.16. The maximum absolute atomic E-state index is 13.7. The molecular weight excluding hydrogens is 354 g/mol. The molecule has 1 heterocycles. The number of hydrogen-bond acceptors (Lipinski definition) is 4. The highest BCUT2D eigenvalue weighted by molar-refractivity contribution is 5.81. The quantitative estimate of drug-likeness (QED) is 0.433. The van der Waals surface area contributed by atoms with E-state index in [2.05, 4.69) is 0 Å². The van der Waals surface area contributed by atoms with Gasteiger partial charge in [0.15, 0.2) is 5.60 Å². The second-order valence-corrected chi connectivity index (χ2v) is 7.63. The molecule has 2 N–H and O–H groups in total. The largest absolute Gasteiger partial charge is 0.463 e. The molecule has 5 nitrogen and oxygen atoms in total. The molecule has 3 rings (SSSR count). The van der Waals surface area contributed by atoms with Crippen LogP contribution in [0.25, 0.3) is 0 Å². The van der Waals surface area contributed by atoms with Crippen molar-refractivity contribution in [1.82, 2.24) is 4.90 Å². The standard InChI is InChI=1S/C20H26F2N2O3/c21-19(22)9-6-17(12-19)20(26,16-4-2-1-3-5-16)18(25)27-11-8-15-7-10-24(13-15)14-23/h1-5,14-15,17,23,26H,6-13H2/t15-,17-,20+/m1/s1. The average molecular weight is 380 g/mol. The molecule has 7 heteroatoms. The Morgan fingerprint density at radius 2 is 2.11 bits per heavy atom. The smallest absolute Gasteiger partial charge is 0.343 e. The Hall–Kier alpha value is -2.02. The summed E-state index contributed by atoms with van der Waals surface area (Å²) in [6.07, 6.45) is 2.07. The average Bonchev–Trinajstić information content (AvgIpc) is 3.27. The number of likely N-dealkylation sites (tertiary alicyclic amines) is 1. The number of nitrogens with zero attached hydrogens (tertiary/aromatic N) is 1. The summed E-state index contributed by atoms with van der Waals surface area (Å²) in [6.45, 7) is 1.69. The lowest BCUT2D eigenvalue weighted by Crippen LogP contribution is -2.44. The summed E-state index contributed by atoms with van der Waals surface area (Å²) >= 11 is 0. The molecule has 148 valence electrons. The van der Waals surface area contributed by atoms with Gasteiger partial charge in [0.25, 0.3) is 0 Å². The summed E-state index contributed by atoms with van der Waals surface area (Å²) in [7, 11) is 0. The van der Waals surface area contributed by atoms with Gasteiger partial charge in [-0.3, -0.25) is 5.41 Å². The Morgan fingerprint density at radius 1 is 1.37 bits per heavy atom. The van der Waals surface area contributed by atoms with E-state index in [1.54, 1.807) is 30.3 Å². The van der Waals surface area contributed by atoms with Crippen molar-refractivity contribution in [2.24, 2.45) is 11.8 Å². The van der Waals surface area contributed by atoms with E-state index in [0.717, 1.165) is 19.5 Å². The fraction of sp³-hybridized carbons (Fsp3) is 0.600. The van der Waals surface area contributed by atoms with Crippen molar-refractivity contribution < 1.29 is 23.4 Å². The number of halogens is 2. The molecule has 0 radical (unpaired) electrons. The zero-order chi connectivity index (χ0) is 19.5. The van der Waals surface area contributed by atoms with E-state index in [-0.39, 0.29) is 19.4 Å². The van der Waals surface area contributed by atoms with Crippen molar-refractivity contribution in [3.05, 3.63) is 35.9 Å². The van der Waals surface area contributed by atoms with Crippen LogP contribution in [0, 0.1) is 17.2 Å². The maximum Gasteiger partial charge on any atom is 0.343 e. The summed E-state index contributed by atoms with van der Waals surface area (Å²) in [5.74, 6) is -4.27. The maximum atomic E-state index is 13.7. The molecule has 27 heavy (non-hydrogen) atoms. The highest BCUT2D eigenvalue weighted by Crippen LogP contribution is 2.47. The number of ether oxygens (including phenoxy) is 1. The molecule has 1 saturated heterocycles. The molecule has 0 bridgehead atoms. The molecule has 1 aromatic carbocycles. The third-order valence-corrected chi connectivity index (χ3v) is 5.78. The van der Waals surface area contributed by atoms with Crippen LogP contribution in [0.1, 0.15) is 37.7 Å². The van der Waals surface area contributed by atoms with Gasteiger partial charge in [0.1, 0.15) is 0 Å². The summed E-state index contributed by atoms with van der Waals surface area (Å²) < 4.78 is 32.9. The lowest BCUT2D eigenvalue weighted by Gasteiger charge is -2.32. The van der Waals surface area contributed by atoms with Gasteiger partial charge in [-0.25, -0.2) is 13.6 Å². The molecule has 1 aliphatic carbocycles. The number of benzene rings is 1. The molecule has 3 atom stereocenters. The summed E-state index contributed by atoms with van der Waals surface area (Å²) in [4.78, 5) is 14.7. The lowest BCUT2D eigenvalue weighted by atomic mass is 9.80. The zero-order valence-corrected chi connectivity index (χ0v) is 15.2. The van der Waals surface area contributed by atoms with Crippen molar-refractivity contribution in [1.29, 1.82) is 5.41 Å². The molecule has 1 aromatic rings. The van der Waals surface area contributed by atoms with Crippen molar-refractivity contribution in [2.45, 2.75) is 43.6 Å². The van der Waals surface area contributed by atoms with Crippen LogP contribution >= 0.6 is 0 Å². The molecule has 2 fully saturated rings. The summed E-state index contributed by atoms with van der Waals surface area (Å²) in [5.41, 5.74) is -1.76. The minimum Gasteiger partial charge on any atom is -0.463 e. The second-order valence-electron chi connectivity index (χ2n) is 7.63. The van der Waals surface area contributed by atoms with E-state index >= 15 is 0 Å². The van der Waals surface area contributed by atoms with Crippen molar-refractivity contribution in [3.8, 4) is 0 Å². The number of nitrogens with one attached hydrogen (secondary N) is 1. The van der Waals surface area contributed by atoms with Crippen molar-refractivity contribution >= 4 is 12.3 Å². The number of alkyl halides is 2. The molecule has 1 aliphatic heterocycles. The van der Waals surface area contributed by atoms with Gasteiger partial charge in [-0.2, -0.15) is 0 Å². The van der Waals surface area contributed by atoms with Gasteiger partial charge < -0.3 is 14.7 Å². The molecule has 1 saturated carbocycles. The third kappa shape index (κ3) is 4.29. The third-order valence-electron chi connectivity index (χ3n) is 5.78. The van der Waals surface area contributed by atoms with Crippen LogP contribution in [0.3, 0.4) is 0 Å². The fourth-order valence-electron chi connectivity index (χ4n) is 4.16. The van der Waals surface area contributed by atoms with Crippen molar-refractivity contribution in [3.63, 3.8) is 0 Å². The Bertz CT molecular complexity index is 670. The van der Waals surface area contributed by atoms with Crippen LogP contribution < -0.4 is 0 Å². The summed E-state index contributed by atoms with van der Waals surface area (Å²) in [6, 6.07) is 8.25. The van der Waals surface area contributed by atoms with Gasteiger partial charge in [-0.05, 0) is 30.7 Å². The second kappa shape index (κ2) is 7.92. The van der Waals surface area contributed by atoms with Gasteiger partial charge in [0, 0.05) is 31.8 Å². The predicted octanol–water partition coefficient (Wildman–Crippen LogP) is 3.17. The number of carbonyl (C=O) groups excluding carboxylic acids is 1. The van der Waals surface area contributed by atoms with Gasteiger partial charge in [0.2, 0.25) is 5.92 Å². The number of carbonyl (C=O) groups is 1. The number of hydrogen-bond donors (Lipinski definition) is 2. The SMILES string of the molecule is N=CN1CC[C@H](CCOC(=O)[C@](O)(c2ccccc2)[C@@H]2CCC(F)(F)C2)C1. The Kier molecular flexibility index (Phi) is 5.79. The van der Waals surface area contributed by atoms with Crippen LogP contribution in [0.2, 0.25) is 0 Å². The predicted molar refractivity (Wildman–Crippen MR) is 96.7 cm³/mol. The number of esters is 1. The molecule has 0 unspecified atom stereocenters. The van der Waals surface area contributed by atoms with Crippen LogP contribution in [0.4, 0.5) is 8.78 Å². The van der Waals surface area contributed by atoms with Crippen LogP contribution in [-0.2, 0) is 15.1 Å². The highest BCUT2D eigenvalue weighted by atomic mass is 19.3. The van der Waals surface area contributed by atoms with Crippen molar-refractivity contribution in [2.75, 3.05) is 19.7 Å². The first-order valence-corrected chi connectivity index (χ1v) is 9.43. The molecule has 0 spiro atoms. The van der Waals surface area contributed by atoms with Crippen LogP contribution in [0.15, 0.2) is 30.3 Å². The molecule has 2 aliphatic rings. The first kappa shape index (κ1) is 19.7. The molecular formula is C20H26F2N2O3. The van der Waals surface area contributed by atoms with E-state index in [0.29, 0.717) is 17.9 Å². The minimum absolute atomic E-state index is 0.0738. The Labute approximate surface area is 157 Å². The van der Waals surface area contributed by atoms with E-state index in [4.69, 9.17) is 10.1 Å². The van der Waals surface area contributed by atoms with Gasteiger partial charge in [-0.1, -0.05) is 30.3 Å². The van der Waals surface area contributed by atoms with E-state index in [9.17, 15) is 18.7 Å². The summed E-state index contributed by atoms with van der Waals surface area (Å²) in [5, 5.41) is 18.5. The first-order chi connectivity index (χ1) is 12.8. The van der Waals surface area contributed by atoms with E-state index in [1.807, 2.05) is 4.90 Å². The normalized spacial score (nSPS) is 26.6. The Morgan fingerprint density at radius 3 is 2.70 bits per heavy atom. The van der Waals surface area contributed by atoms with Crippen LogP contribution in [0.5, 0.6) is 0 Å². The van der Waals surface area contributed by atoms with E-state index in [1.165, 1.54) is 6.34 Å². The van der Waals surface area contributed by atoms with Gasteiger partial charge in [-0.15, -0.1) is 0 Å². The van der Waals surface area contributed by atoms with Gasteiger partial charge >= 0.3 is 5.97 Å². The van der Waals surface area contributed by atoms with Crippen LogP contribution in [-0.4, -0.2) is 47.9 Å². The monoisotopic (exact) mass is 380 g/mol. The van der Waals surface area contributed by atoms with E-state index < -0.39 is 29.8 Å².